The second kappa shape index (κ2) is 5.54. The van der Waals surface area contributed by atoms with E-state index in [9.17, 15) is 18.0 Å². The first-order valence-corrected chi connectivity index (χ1v) is 6.49. The molecule has 0 amide bonds. The number of aromatic nitrogens is 1. The lowest BCUT2D eigenvalue weighted by Crippen LogP contribution is -2.14. The lowest BCUT2D eigenvalue weighted by Gasteiger charge is -2.11. The summed E-state index contributed by atoms with van der Waals surface area (Å²) in [5, 5.41) is 0.244. The van der Waals surface area contributed by atoms with Crippen LogP contribution in [0.5, 0.6) is 0 Å². The molecule has 0 atom stereocenters. The summed E-state index contributed by atoms with van der Waals surface area (Å²) in [5.74, 6) is -0.778. The molecule has 0 aliphatic rings. The molecule has 2 aromatic rings. The zero-order chi connectivity index (χ0) is 14.9. The molecule has 0 bridgehead atoms. The third-order valence-corrected chi connectivity index (χ3v) is 3.79. The maximum absolute atomic E-state index is 12.9. The first-order valence-electron chi connectivity index (χ1n) is 5.31. The van der Waals surface area contributed by atoms with E-state index in [-0.39, 0.29) is 10.6 Å². The van der Waals surface area contributed by atoms with Crippen molar-refractivity contribution >= 4 is 33.3 Å². The van der Waals surface area contributed by atoms with Gasteiger partial charge in [0.1, 0.15) is 0 Å². The van der Waals surface area contributed by atoms with Crippen molar-refractivity contribution in [2.45, 2.75) is 6.18 Å². The van der Waals surface area contributed by atoms with E-state index in [2.05, 4.69) is 20.9 Å². The Balaban J connectivity index is 2.51. The number of hydrogen-bond acceptors (Lipinski definition) is 2. The summed E-state index contributed by atoms with van der Waals surface area (Å²) in [4.78, 5) is 15.7. The smallest absolute Gasteiger partial charge is 0.289 e. The lowest BCUT2D eigenvalue weighted by atomic mass is 10.0. The van der Waals surface area contributed by atoms with E-state index in [0.29, 0.717) is 4.47 Å². The lowest BCUT2D eigenvalue weighted by molar-refractivity contribution is -0.137. The molecule has 0 spiro atoms. The van der Waals surface area contributed by atoms with E-state index in [1.807, 2.05) is 0 Å². The van der Waals surface area contributed by atoms with Gasteiger partial charge in [-0.15, -0.1) is 0 Å². The van der Waals surface area contributed by atoms with Crippen molar-refractivity contribution in [3.63, 3.8) is 0 Å². The van der Waals surface area contributed by atoms with Gasteiger partial charge in [0.15, 0.2) is 5.78 Å². The fourth-order valence-corrected chi connectivity index (χ4v) is 2.04. The van der Waals surface area contributed by atoms with Crippen LogP contribution in [-0.4, -0.2) is 10.8 Å². The second-order valence-electron chi connectivity index (χ2n) is 3.88. The van der Waals surface area contributed by atoms with Crippen LogP contribution in [0.15, 0.2) is 41.1 Å². The molecule has 104 valence electrons. The van der Waals surface area contributed by atoms with Gasteiger partial charge in [-0.3, -0.25) is 9.78 Å². The van der Waals surface area contributed by atoms with Gasteiger partial charge in [0.2, 0.25) is 0 Å². The van der Waals surface area contributed by atoms with Crippen LogP contribution >= 0.6 is 27.5 Å². The fourth-order valence-electron chi connectivity index (χ4n) is 1.62. The van der Waals surface area contributed by atoms with Gasteiger partial charge in [-0.05, 0) is 40.2 Å². The molecule has 1 heterocycles. The van der Waals surface area contributed by atoms with Gasteiger partial charge < -0.3 is 0 Å². The predicted octanol–water partition coefficient (Wildman–Crippen LogP) is 4.75. The van der Waals surface area contributed by atoms with Crippen LogP contribution in [0.2, 0.25) is 5.02 Å². The van der Waals surface area contributed by atoms with Gasteiger partial charge >= 0.3 is 6.18 Å². The Labute approximate surface area is 125 Å². The summed E-state index contributed by atoms with van der Waals surface area (Å²) in [6, 6.07) is 4.97. The maximum atomic E-state index is 12.9. The molecule has 0 saturated carbocycles. The van der Waals surface area contributed by atoms with Crippen LogP contribution in [-0.2, 0) is 6.18 Å². The van der Waals surface area contributed by atoms with E-state index >= 15 is 0 Å². The molecule has 0 radical (unpaired) electrons. The first kappa shape index (κ1) is 15.0. The standard InChI is InChI=1S/C13H6BrClF3NO/c14-10-2-1-7(5-11(10)15)12(20)8-6-19-4-3-9(8)13(16,17)18/h1-6H. The van der Waals surface area contributed by atoms with E-state index in [1.165, 1.54) is 18.2 Å². The Kier molecular flexibility index (Phi) is 4.15. The zero-order valence-corrected chi connectivity index (χ0v) is 12.1. The molecule has 7 heteroatoms. The van der Waals surface area contributed by atoms with Crippen molar-refractivity contribution in [3.05, 3.63) is 62.8 Å². The predicted molar refractivity (Wildman–Crippen MR) is 71.8 cm³/mol. The Morgan fingerprint density at radius 3 is 2.55 bits per heavy atom. The molecule has 0 aliphatic heterocycles. The number of halogens is 5. The average Bonchev–Trinajstić information content (AvgIpc) is 2.40. The SMILES string of the molecule is O=C(c1ccc(Br)c(Cl)c1)c1cnccc1C(F)(F)F. The second-order valence-corrected chi connectivity index (χ2v) is 5.14. The van der Waals surface area contributed by atoms with Gasteiger partial charge in [-0.2, -0.15) is 13.2 Å². The van der Waals surface area contributed by atoms with Crippen LogP contribution < -0.4 is 0 Å². The summed E-state index contributed by atoms with van der Waals surface area (Å²) < 4.78 is 39.1. The highest BCUT2D eigenvalue weighted by atomic mass is 79.9. The number of alkyl halides is 3. The summed E-state index contributed by atoms with van der Waals surface area (Å²) in [5.41, 5.74) is -1.45. The third-order valence-electron chi connectivity index (χ3n) is 2.55. The van der Waals surface area contributed by atoms with E-state index in [0.717, 1.165) is 18.5 Å². The number of carbonyl (C=O) groups is 1. The quantitative estimate of drug-likeness (QED) is 0.720. The van der Waals surface area contributed by atoms with Gasteiger partial charge in [0.05, 0.1) is 16.1 Å². The Hall–Kier alpha value is -1.40. The van der Waals surface area contributed by atoms with Crippen LogP contribution in [0.1, 0.15) is 21.5 Å². The van der Waals surface area contributed by atoms with Gasteiger partial charge in [-0.1, -0.05) is 11.6 Å². The molecule has 1 aromatic heterocycles. The van der Waals surface area contributed by atoms with Crippen molar-refractivity contribution in [3.8, 4) is 0 Å². The highest BCUT2D eigenvalue weighted by Gasteiger charge is 2.35. The number of pyridine rings is 1. The molecule has 2 rings (SSSR count). The third kappa shape index (κ3) is 3.02. The summed E-state index contributed by atoms with van der Waals surface area (Å²) in [6.45, 7) is 0. The number of rotatable bonds is 2. The molecular weight excluding hydrogens is 358 g/mol. The van der Waals surface area contributed by atoms with E-state index in [1.54, 1.807) is 0 Å². The summed E-state index contributed by atoms with van der Waals surface area (Å²) >= 11 is 8.98. The molecule has 0 N–H and O–H groups in total. The normalized spacial score (nSPS) is 11.4. The minimum absolute atomic E-state index is 0.0664. The molecule has 1 aromatic carbocycles. The van der Waals surface area contributed by atoms with Crippen molar-refractivity contribution in [2.24, 2.45) is 0 Å². The Bertz CT molecular complexity index is 673. The average molecular weight is 365 g/mol. The summed E-state index contributed by atoms with van der Waals surface area (Å²) in [6.07, 6.45) is -2.72. The van der Waals surface area contributed by atoms with Crippen molar-refractivity contribution < 1.29 is 18.0 Å². The molecule has 2 nitrogen and oxygen atoms in total. The minimum atomic E-state index is -4.62. The largest absolute Gasteiger partial charge is 0.417 e. The van der Waals surface area contributed by atoms with Gasteiger partial charge in [0.25, 0.3) is 0 Å². The number of hydrogen-bond donors (Lipinski definition) is 0. The Morgan fingerprint density at radius 1 is 1.25 bits per heavy atom. The zero-order valence-electron chi connectivity index (χ0n) is 9.71. The molecule has 0 saturated heterocycles. The molecule has 0 fully saturated rings. The van der Waals surface area contributed by atoms with E-state index < -0.39 is 23.1 Å². The van der Waals surface area contributed by atoms with Gasteiger partial charge in [0, 0.05) is 22.4 Å². The minimum Gasteiger partial charge on any atom is -0.289 e. The van der Waals surface area contributed by atoms with Crippen LogP contribution in [0.3, 0.4) is 0 Å². The van der Waals surface area contributed by atoms with Crippen molar-refractivity contribution in [2.75, 3.05) is 0 Å². The molecule has 20 heavy (non-hydrogen) atoms. The summed E-state index contributed by atoms with van der Waals surface area (Å²) in [7, 11) is 0. The van der Waals surface area contributed by atoms with Gasteiger partial charge in [-0.25, -0.2) is 0 Å². The van der Waals surface area contributed by atoms with Crippen LogP contribution in [0, 0.1) is 0 Å². The van der Waals surface area contributed by atoms with Crippen molar-refractivity contribution in [1.82, 2.24) is 4.98 Å². The Morgan fingerprint density at radius 2 is 1.95 bits per heavy atom. The number of ketones is 1. The first-order chi connectivity index (χ1) is 9.30. The van der Waals surface area contributed by atoms with Crippen LogP contribution in [0.25, 0.3) is 0 Å². The molecule has 0 aliphatic carbocycles. The topological polar surface area (TPSA) is 30.0 Å². The maximum Gasteiger partial charge on any atom is 0.417 e. The number of nitrogens with zero attached hydrogens (tertiary/aromatic N) is 1. The highest BCUT2D eigenvalue weighted by Crippen LogP contribution is 2.33. The van der Waals surface area contributed by atoms with E-state index in [4.69, 9.17) is 11.6 Å². The molecular formula is C13H6BrClF3NO. The fraction of sp³-hybridized carbons (Fsp3) is 0.0769. The van der Waals surface area contributed by atoms with Crippen LogP contribution in [0.4, 0.5) is 13.2 Å². The number of carbonyl (C=O) groups excluding carboxylic acids is 1. The van der Waals surface area contributed by atoms with Crippen molar-refractivity contribution in [1.29, 1.82) is 0 Å². The highest BCUT2D eigenvalue weighted by molar-refractivity contribution is 9.10. The number of benzene rings is 1. The monoisotopic (exact) mass is 363 g/mol. The molecule has 0 unspecified atom stereocenters.